The Morgan fingerprint density at radius 2 is 1.38 bits per heavy atom. The highest BCUT2D eigenvalue weighted by Crippen LogP contribution is 2.38. The van der Waals surface area contributed by atoms with Gasteiger partial charge in [0.15, 0.2) is 26.1 Å². The number of cyclic esters (lactones) is 1. The standard InChI is InChI=1S/C29H56O7Si/c1-8-9-10-11-12-13-14-15-16-17-18-19-20-21-22-33-27(31)36-25-24(35-26(30)29(25,5)32)23-34-37(6,7)28(2,3)4/h24-25,32H,8-23H2,1-7H3/t24-,25-,29+/m1/s1. The van der Waals surface area contributed by atoms with Crippen molar-refractivity contribution in [1.82, 2.24) is 0 Å². The molecule has 3 atom stereocenters. The Bertz CT molecular complexity index is 657. The van der Waals surface area contributed by atoms with Crippen LogP contribution in [0.1, 0.15) is 125 Å². The lowest BCUT2D eigenvalue weighted by atomic mass is 9.98. The van der Waals surface area contributed by atoms with Crippen molar-refractivity contribution in [2.75, 3.05) is 13.2 Å². The Morgan fingerprint density at radius 3 is 1.84 bits per heavy atom. The second-order valence-electron chi connectivity index (χ2n) is 12.4. The molecule has 1 N–H and O–H groups in total. The van der Waals surface area contributed by atoms with Crippen LogP contribution in [-0.4, -0.2) is 56.6 Å². The van der Waals surface area contributed by atoms with Gasteiger partial charge in [-0.15, -0.1) is 0 Å². The summed E-state index contributed by atoms with van der Waals surface area (Å²) < 4.78 is 22.0. The summed E-state index contributed by atoms with van der Waals surface area (Å²) in [6.45, 7) is 14.4. The fraction of sp³-hybridized carbons (Fsp3) is 0.931. The largest absolute Gasteiger partial charge is 0.508 e. The lowest BCUT2D eigenvalue weighted by Gasteiger charge is -2.37. The maximum absolute atomic E-state index is 12.3. The number of carbonyl (C=O) groups excluding carboxylic acids is 2. The highest BCUT2D eigenvalue weighted by atomic mass is 28.4. The number of aliphatic hydroxyl groups is 1. The lowest BCUT2D eigenvalue weighted by Crippen LogP contribution is -2.49. The number of carbonyl (C=O) groups is 2. The van der Waals surface area contributed by atoms with E-state index in [0.717, 1.165) is 19.3 Å². The third-order valence-corrected chi connectivity index (χ3v) is 12.4. The number of ether oxygens (including phenoxy) is 3. The van der Waals surface area contributed by atoms with Crippen LogP contribution in [0.15, 0.2) is 0 Å². The Balaban J connectivity index is 2.20. The molecule has 1 heterocycles. The Kier molecular flexibility index (Phi) is 15.4. The first-order valence-corrected chi connectivity index (χ1v) is 17.6. The topological polar surface area (TPSA) is 91.3 Å². The van der Waals surface area contributed by atoms with Crippen molar-refractivity contribution in [2.45, 2.75) is 160 Å². The molecule has 218 valence electrons. The van der Waals surface area contributed by atoms with E-state index in [1.165, 1.54) is 77.6 Å². The average molecular weight is 545 g/mol. The molecule has 1 fully saturated rings. The first-order valence-electron chi connectivity index (χ1n) is 14.7. The number of hydrogen-bond donors (Lipinski definition) is 1. The maximum Gasteiger partial charge on any atom is 0.508 e. The van der Waals surface area contributed by atoms with Gasteiger partial charge in [0.1, 0.15) is 0 Å². The molecule has 7 nitrogen and oxygen atoms in total. The Hall–Kier alpha value is -1.12. The lowest BCUT2D eigenvalue weighted by molar-refractivity contribution is -0.155. The van der Waals surface area contributed by atoms with Crippen LogP contribution >= 0.6 is 0 Å². The molecule has 0 unspecified atom stereocenters. The van der Waals surface area contributed by atoms with Crippen LogP contribution in [-0.2, 0) is 23.4 Å². The molecule has 1 aliphatic heterocycles. The number of rotatable bonds is 19. The van der Waals surface area contributed by atoms with Crippen LogP contribution < -0.4 is 0 Å². The fourth-order valence-electron chi connectivity index (χ4n) is 4.21. The van der Waals surface area contributed by atoms with Gasteiger partial charge in [0.05, 0.1) is 13.2 Å². The quantitative estimate of drug-likeness (QED) is 0.101. The molecular formula is C29H56O7Si. The second kappa shape index (κ2) is 16.8. The summed E-state index contributed by atoms with van der Waals surface area (Å²) in [6, 6.07) is 0. The first-order chi connectivity index (χ1) is 17.3. The summed E-state index contributed by atoms with van der Waals surface area (Å²) >= 11 is 0. The van der Waals surface area contributed by atoms with Crippen molar-refractivity contribution in [3.05, 3.63) is 0 Å². The molecule has 0 radical (unpaired) electrons. The van der Waals surface area contributed by atoms with Crippen molar-refractivity contribution in [3.8, 4) is 0 Å². The van der Waals surface area contributed by atoms with Crippen molar-refractivity contribution in [2.24, 2.45) is 0 Å². The third-order valence-electron chi connectivity index (χ3n) is 7.92. The van der Waals surface area contributed by atoms with Crippen LogP contribution in [0.3, 0.4) is 0 Å². The molecular weight excluding hydrogens is 488 g/mol. The van der Waals surface area contributed by atoms with Crippen LogP contribution in [0.25, 0.3) is 0 Å². The summed E-state index contributed by atoms with van der Waals surface area (Å²) in [5, 5.41) is 10.6. The van der Waals surface area contributed by atoms with Crippen molar-refractivity contribution in [3.63, 3.8) is 0 Å². The predicted molar refractivity (Wildman–Crippen MR) is 150 cm³/mol. The molecule has 1 rings (SSSR count). The second-order valence-corrected chi connectivity index (χ2v) is 17.2. The smallest absolute Gasteiger partial charge is 0.454 e. The third kappa shape index (κ3) is 12.5. The molecule has 0 aliphatic carbocycles. The molecule has 0 spiro atoms. The summed E-state index contributed by atoms with van der Waals surface area (Å²) in [5.74, 6) is -0.818. The minimum atomic E-state index is -2.11. The highest BCUT2D eigenvalue weighted by Gasteiger charge is 2.57. The summed E-state index contributed by atoms with van der Waals surface area (Å²) in [6.07, 6.45) is 14.6. The van der Waals surface area contributed by atoms with Crippen LogP contribution in [0.4, 0.5) is 4.79 Å². The minimum absolute atomic E-state index is 0.0268. The van der Waals surface area contributed by atoms with Crippen LogP contribution in [0.2, 0.25) is 18.1 Å². The Morgan fingerprint density at radius 1 is 0.919 bits per heavy atom. The van der Waals surface area contributed by atoms with Gasteiger partial charge in [0, 0.05) is 0 Å². The average Bonchev–Trinajstić information content (AvgIpc) is 3.02. The Labute approximate surface area is 227 Å². The van der Waals surface area contributed by atoms with Gasteiger partial charge in [-0.25, -0.2) is 9.59 Å². The first kappa shape index (κ1) is 33.9. The van der Waals surface area contributed by atoms with Gasteiger partial charge in [-0.2, -0.15) is 0 Å². The molecule has 37 heavy (non-hydrogen) atoms. The SMILES string of the molecule is CCCCCCCCCCCCCCCCOC(=O)O[C@@H]1[C@@H](CO[Si](C)(C)C(C)(C)C)OC(=O)[C@@]1(C)O. The molecule has 0 aromatic heterocycles. The predicted octanol–water partition coefficient (Wildman–Crippen LogP) is 7.69. The molecule has 0 saturated carbocycles. The summed E-state index contributed by atoms with van der Waals surface area (Å²) in [7, 11) is -2.11. The van der Waals surface area contributed by atoms with Crippen LogP contribution in [0, 0.1) is 0 Å². The van der Waals surface area contributed by atoms with Gasteiger partial charge < -0.3 is 23.7 Å². The van der Waals surface area contributed by atoms with E-state index in [0.29, 0.717) is 0 Å². The highest BCUT2D eigenvalue weighted by molar-refractivity contribution is 6.74. The van der Waals surface area contributed by atoms with E-state index >= 15 is 0 Å². The van der Waals surface area contributed by atoms with E-state index in [2.05, 4.69) is 40.8 Å². The van der Waals surface area contributed by atoms with Gasteiger partial charge in [0.25, 0.3) is 0 Å². The number of esters is 1. The molecule has 1 saturated heterocycles. The van der Waals surface area contributed by atoms with E-state index in [1.807, 2.05) is 0 Å². The number of unbranched alkanes of at least 4 members (excludes halogenated alkanes) is 13. The normalized spacial score (nSPS) is 22.2. The van der Waals surface area contributed by atoms with Gasteiger partial charge in [-0.05, 0) is 31.5 Å². The minimum Gasteiger partial charge on any atom is -0.454 e. The van der Waals surface area contributed by atoms with Crippen molar-refractivity contribution < 1.29 is 33.3 Å². The molecule has 0 amide bonds. The van der Waals surface area contributed by atoms with Gasteiger partial charge in [-0.1, -0.05) is 111 Å². The van der Waals surface area contributed by atoms with E-state index < -0.39 is 38.3 Å². The van der Waals surface area contributed by atoms with Crippen LogP contribution in [0.5, 0.6) is 0 Å². The molecule has 0 bridgehead atoms. The van der Waals surface area contributed by atoms with E-state index in [9.17, 15) is 14.7 Å². The van der Waals surface area contributed by atoms with E-state index in [4.69, 9.17) is 18.6 Å². The molecule has 0 aromatic carbocycles. The number of hydrogen-bond acceptors (Lipinski definition) is 7. The van der Waals surface area contributed by atoms with Gasteiger partial charge >= 0.3 is 12.1 Å². The zero-order valence-corrected chi connectivity index (χ0v) is 25.9. The molecule has 0 aromatic rings. The molecule has 1 aliphatic rings. The van der Waals surface area contributed by atoms with Gasteiger partial charge in [0.2, 0.25) is 0 Å². The van der Waals surface area contributed by atoms with E-state index in [-0.39, 0.29) is 18.3 Å². The fourth-order valence-corrected chi connectivity index (χ4v) is 5.22. The van der Waals surface area contributed by atoms with Gasteiger partial charge in [-0.3, -0.25) is 0 Å². The molecule has 8 heteroatoms. The van der Waals surface area contributed by atoms with E-state index in [1.54, 1.807) is 0 Å². The zero-order chi connectivity index (χ0) is 28.0. The monoisotopic (exact) mass is 544 g/mol. The zero-order valence-electron chi connectivity index (χ0n) is 24.9. The summed E-state index contributed by atoms with van der Waals surface area (Å²) in [4.78, 5) is 24.5. The van der Waals surface area contributed by atoms with Crippen molar-refractivity contribution >= 4 is 20.4 Å². The van der Waals surface area contributed by atoms with Crippen molar-refractivity contribution in [1.29, 1.82) is 0 Å². The summed E-state index contributed by atoms with van der Waals surface area (Å²) in [5.41, 5.74) is -1.93. The maximum atomic E-state index is 12.3.